The van der Waals surface area contributed by atoms with E-state index in [0.29, 0.717) is 19.4 Å². The Kier molecular flexibility index (Phi) is 9.51. The molecule has 0 aliphatic heterocycles. The molecule has 198 valence electrons. The molecule has 0 fully saturated rings. The Morgan fingerprint density at radius 2 is 1.39 bits per heavy atom. The fourth-order valence-electron chi connectivity index (χ4n) is 4.95. The summed E-state index contributed by atoms with van der Waals surface area (Å²) >= 11 is 0. The number of unbranched alkanes of at least 4 members (excludes halogenated alkanes) is 3. The number of hydrogen-bond acceptors (Lipinski definition) is 4. The topological polar surface area (TPSA) is 95.9 Å². The molecule has 1 aliphatic rings. The standard InChI is InChI=1S/C31H34N2O5/c34-29(33(21-30(35)36)20-23-12-4-3-5-13-23)18-6-1-2-11-19-32-31(37)38-22-28-26-16-9-7-14-24(26)25-15-8-10-17-27(25)28/h3-5,7-10,12-17,28H,1-2,6,11,18-22H2,(H,32,37)(H,35,36). The summed E-state index contributed by atoms with van der Waals surface area (Å²) in [6.45, 7) is 0.773. The molecule has 0 saturated heterocycles. The summed E-state index contributed by atoms with van der Waals surface area (Å²) in [7, 11) is 0. The molecule has 38 heavy (non-hydrogen) atoms. The lowest BCUT2D eigenvalue weighted by atomic mass is 9.98. The lowest BCUT2D eigenvalue weighted by molar-refractivity contribution is -0.145. The van der Waals surface area contributed by atoms with Crippen LogP contribution in [0.3, 0.4) is 0 Å². The molecular formula is C31H34N2O5. The van der Waals surface area contributed by atoms with Gasteiger partial charge in [-0.3, -0.25) is 9.59 Å². The predicted molar refractivity (Wildman–Crippen MR) is 146 cm³/mol. The first-order chi connectivity index (χ1) is 18.5. The highest BCUT2D eigenvalue weighted by atomic mass is 16.5. The van der Waals surface area contributed by atoms with Gasteiger partial charge in [0, 0.05) is 25.4 Å². The Morgan fingerprint density at radius 3 is 2.05 bits per heavy atom. The molecule has 0 aromatic heterocycles. The van der Waals surface area contributed by atoms with Gasteiger partial charge in [0.05, 0.1) is 0 Å². The molecule has 2 amide bonds. The van der Waals surface area contributed by atoms with E-state index in [1.165, 1.54) is 27.2 Å². The lowest BCUT2D eigenvalue weighted by Gasteiger charge is -2.21. The zero-order valence-electron chi connectivity index (χ0n) is 21.5. The number of ether oxygens (including phenoxy) is 1. The molecule has 0 heterocycles. The second-order valence-electron chi connectivity index (χ2n) is 9.55. The smallest absolute Gasteiger partial charge is 0.407 e. The first-order valence-electron chi connectivity index (χ1n) is 13.2. The van der Waals surface area contributed by atoms with Gasteiger partial charge < -0.3 is 20.1 Å². The molecule has 0 saturated carbocycles. The average Bonchev–Trinajstić information content (AvgIpc) is 3.25. The van der Waals surface area contributed by atoms with Crippen molar-refractivity contribution in [2.75, 3.05) is 19.7 Å². The van der Waals surface area contributed by atoms with Crippen molar-refractivity contribution in [1.82, 2.24) is 10.2 Å². The zero-order valence-corrected chi connectivity index (χ0v) is 21.5. The minimum Gasteiger partial charge on any atom is -0.480 e. The van der Waals surface area contributed by atoms with Gasteiger partial charge in [-0.2, -0.15) is 0 Å². The normalized spacial score (nSPS) is 11.9. The van der Waals surface area contributed by atoms with Gasteiger partial charge in [-0.1, -0.05) is 91.7 Å². The van der Waals surface area contributed by atoms with E-state index in [-0.39, 0.29) is 31.5 Å². The fourth-order valence-corrected chi connectivity index (χ4v) is 4.95. The molecule has 0 radical (unpaired) electrons. The molecule has 1 aliphatic carbocycles. The molecule has 3 aromatic carbocycles. The van der Waals surface area contributed by atoms with Gasteiger partial charge >= 0.3 is 12.1 Å². The van der Waals surface area contributed by atoms with Crippen molar-refractivity contribution in [3.05, 3.63) is 95.6 Å². The number of alkyl carbamates (subject to hydrolysis) is 1. The van der Waals surface area contributed by atoms with Crippen molar-refractivity contribution in [2.45, 2.75) is 44.6 Å². The number of amides is 2. The van der Waals surface area contributed by atoms with Crippen LogP contribution in [0.2, 0.25) is 0 Å². The number of aliphatic carboxylic acids is 1. The summed E-state index contributed by atoms with van der Waals surface area (Å²) in [5.41, 5.74) is 5.66. The molecule has 4 rings (SSSR count). The van der Waals surface area contributed by atoms with Gasteiger partial charge in [-0.05, 0) is 40.7 Å². The van der Waals surface area contributed by atoms with Crippen molar-refractivity contribution >= 4 is 18.0 Å². The van der Waals surface area contributed by atoms with E-state index < -0.39 is 12.1 Å². The summed E-state index contributed by atoms with van der Waals surface area (Å²) < 4.78 is 5.56. The average molecular weight is 515 g/mol. The number of carbonyl (C=O) groups excluding carboxylic acids is 2. The van der Waals surface area contributed by atoms with Crippen LogP contribution in [-0.4, -0.2) is 47.7 Å². The number of nitrogens with one attached hydrogen (secondary N) is 1. The van der Waals surface area contributed by atoms with Gasteiger partial charge in [0.25, 0.3) is 0 Å². The third-order valence-electron chi connectivity index (χ3n) is 6.83. The third kappa shape index (κ3) is 7.22. The summed E-state index contributed by atoms with van der Waals surface area (Å²) in [4.78, 5) is 37.5. The second-order valence-corrected chi connectivity index (χ2v) is 9.55. The number of rotatable bonds is 13. The van der Waals surface area contributed by atoms with Crippen molar-refractivity contribution in [1.29, 1.82) is 0 Å². The van der Waals surface area contributed by atoms with E-state index in [0.717, 1.165) is 24.8 Å². The highest BCUT2D eigenvalue weighted by molar-refractivity contribution is 5.81. The highest BCUT2D eigenvalue weighted by Gasteiger charge is 2.28. The van der Waals surface area contributed by atoms with Crippen LogP contribution in [0.1, 0.15) is 54.7 Å². The van der Waals surface area contributed by atoms with Crippen LogP contribution in [0.15, 0.2) is 78.9 Å². The Bertz CT molecular complexity index is 1200. The Hall–Kier alpha value is -4.13. The van der Waals surface area contributed by atoms with E-state index in [1.807, 2.05) is 54.6 Å². The van der Waals surface area contributed by atoms with Crippen LogP contribution < -0.4 is 5.32 Å². The first kappa shape index (κ1) is 26.9. The number of nitrogens with zero attached hydrogens (tertiary/aromatic N) is 1. The van der Waals surface area contributed by atoms with Crippen LogP contribution in [0.5, 0.6) is 0 Å². The van der Waals surface area contributed by atoms with E-state index in [4.69, 9.17) is 4.74 Å². The quantitative estimate of drug-likeness (QED) is 0.290. The maximum absolute atomic E-state index is 12.6. The Labute approximate surface area is 223 Å². The predicted octanol–water partition coefficient (Wildman–Crippen LogP) is 5.59. The SMILES string of the molecule is O=C(O)CN(Cc1ccccc1)C(=O)CCCCCCNC(=O)OCC1c2ccccc2-c2ccccc21. The van der Waals surface area contributed by atoms with Crippen molar-refractivity contribution in [2.24, 2.45) is 0 Å². The van der Waals surface area contributed by atoms with Gasteiger partial charge in [0.1, 0.15) is 13.2 Å². The molecule has 7 heteroatoms. The maximum atomic E-state index is 12.6. The molecule has 0 atom stereocenters. The van der Waals surface area contributed by atoms with E-state index in [2.05, 4.69) is 29.6 Å². The van der Waals surface area contributed by atoms with Crippen LogP contribution in [0.25, 0.3) is 11.1 Å². The van der Waals surface area contributed by atoms with E-state index in [1.54, 1.807) is 0 Å². The molecular weight excluding hydrogens is 480 g/mol. The number of hydrogen-bond donors (Lipinski definition) is 2. The van der Waals surface area contributed by atoms with Crippen LogP contribution in [0.4, 0.5) is 4.79 Å². The van der Waals surface area contributed by atoms with Crippen molar-refractivity contribution in [3.63, 3.8) is 0 Å². The van der Waals surface area contributed by atoms with Gasteiger partial charge in [-0.15, -0.1) is 0 Å². The zero-order chi connectivity index (χ0) is 26.7. The van der Waals surface area contributed by atoms with Gasteiger partial charge in [0.2, 0.25) is 5.91 Å². The fraction of sp³-hybridized carbons (Fsp3) is 0.323. The van der Waals surface area contributed by atoms with Gasteiger partial charge in [-0.25, -0.2) is 4.79 Å². The number of carboxylic acid groups (broad SMARTS) is 1. The number of carbonyl (C=O) groups is 3. The van der Waals surface area contributed by atoms with Crippen LogP contribution in [0, 0.1) is 0 Å². The Morgan fingerprint density at radius 1 is 0.789 bits per heavy atom. The maximum Gasteiger partial charge on any atom is 0.407 e. The minimum atomic E-state index is -1.02. The van der Waals surface area contributed by atoms with Crippen molar-refractivity contribution in [3.8, 4) is 11.1 Å². The van der Waals surface area contributed by atoms with Crippen LogP contribution in [-0.2, 0) is 20.9 Å². The molecule has 3 aromatic rings. The van der Waals surface area contributed by atoms with E-state index >= 15 is 0 Å². The summed E-state index contributed by atoms with van der Waals surface area (Å²) in [5.74, 6) is -1.14. The number of carboxylic acids is 1. The van der Waals surface area contributed by atoms with Crippen LogP contribution >= 0.6 is 0 Å². The largest absolute Gasteiger partial charge is 0.480 e. The molecule has 0 spiro atoms. The monoisotopic (exact) mass is 514 g/mol. The summed E-state index contributed by atoms with van der Waals surface area (Å²) in [6.07, 6.45) is 3.02. The summed E-state index contributed by atoms with van der Waals surface area (Å²) in [5, 5.41) is 12.0. The summed E-state index contributed by atoms with van der Waals surface area (Å²) in [6, 6.07) is 25.9. The molecule has 0 unspecified atom stereocenters. The highest BCUT2D eigenvalue weighted by Crippen LogP contribution is 2.44. The molecule has 2 N–H and O–H groups in total. The number of benzene rings is 3. The molecule has 7 nitrogen and oxygen atoms in total. The van der Waals surface area contributed by atoms with Crippen molar-refractivity contribution < 1.29 is 24.2 Å². The number of fused-ring (bicyclic) bond motifs is 3. The lowest BCUT2D eigenvalue weighted by Crippen LogP contribution is -2.35. The second kappa shape index (κ2) is 13.4. The Balaban J connectivity index is 1.12. The third-order valence-corrected chi connectivity index (χ3v) is 6.83. The van der Waals surface area contributed by atoms with E-state index in [9.17, 15) is 19.5 Å². The first-order valence-corrected chi connectivity index (χ1v) is 13.2. The minimum absolute atomic E-state index is 0.0354. The van der Waals surface area contributed by atoms with Gasteiger partial charge in [0.15, 0.2) is 0 Å². The molecule has 0 bridgehead atoms.